The number of nitrogens with one attached hydrogen (secondary N) is 2. The molecule has 0 bridgehead atoms. The molecule has 138 valence electrons. The van der Waals surface area contributed by atoms with E-state index in [0.717, 1.165) is 31.6 Å². The van der Waals surface area contributed by atoms with E-state index in [1.54, 1.807) is 4.90 Å². The molecule has 3 rings (SSSR count). The zero-order valence-electron chi connectivity index (χ0n) is 14.5. The SMILES string of the molecule is CCOc1ccccc1N1CC(C(=O)NC2CCCNC2)CC1=O.Cl. The lowest BCUT2D eigenvalue weighted by atomic mass is 10.0. The van der Waals surface area contributed by atoms with Crippen molar-refractivity contribution in [1.82, 2.24) is 10.6 Å². The number of halogens is 1. The van der Waals surface area contributed by atoms with Crippen molar-refractivity contribution in [3.8, 4) is 5.75 Å². The molecule has 2 aliphatic rings. The fraction of sp³-hybridized carbons (Fsp3) is 0.556. The maximum absolute atomic E-state index is 12.5. The smallest absolute Gasteiger partial charge is 0.227 e. The Bertz CT molecular complexity index is 605. The summed E-state index contributed by atoms with van der Waals surface area (Å²) < 4.78 is 5.61. The minimum atomic E-state index is -0.297. The zero-order chi connectivity index (χ0) is 16.9. The molecule has 0 aliphatic carbocycles. The van der Waals surface area contributed by atoms with E-state index in [-0.39, 0.29) is 42.6 Å². The molecule has 25 heavy (non-hydrogen) atoms. The Morgan fingerprint density at radius 1 is 1.40 bits per heavy atom. The summed E-state index contributed by atoms with van der Waals surface area (Å²) in [6.07, 6.45) is 2.32. The van der Waals surface area contributed by atoms with Crippen LogP contribution in [0.3, 0.4) is 0 Å². The summed E-state index contributed by atoms with van der Waals surface area (Å²) in [4.78, 5) is 26.6. The number of carbonyl (C=O) groups excluding carboxylic acids is 2. The van der Waals surface area contributed by atoms with E-state index < -0.39 is 0 Å². The van der Waals surface area contributed by atoms with Gasteiger partial charge in [0.1, 0.15) is 5.75 Å². The van der Waals surface area contributed by atoms with Crippen molar-refractivity contribution in [2.24, 2.45) is 5.92 Å². The molecule has 2 N–H and O–H groups in total. The van der Waals surface area contributed by atoms with Gasteiger partial charge in [0.25, 0.3) is 0 Å². The zero-order valence-corrected chi connectivity index (χ0v) is 15.3. The highest BCUT2D eigenvalue weighted by Crippen LogP contribution is 2.33. The van der Waals surface area contributed by atoms with Gasteiger partial charge in [-0.3, -0.25) is 9.59 Å². The number of para-hydroxylation sites is 2. The van der Waals surface area contributed by atoms with Crippen LogP contribution >= 0.6 is 12.4 Å². The fourth-order valence-corrected chi connectivity index (χ4v) is 3.37. The van der Waals surface area contributed by atoms with Crippen molar-refractivity contribution in [2.45, 2.75) is 32.2 Å². The number of nitrogens with zero attached hydrogens (tertiary/aromatic N) is 1. The highest BCUT2D eigenvalue weighted by Gasteiger charge is 2.36. The second kappa shape index (κ2) is 9.06. The topological polar surface area (TPSA) is 70.7 Å². The normalized spacial score (nSPS) is 23.1. The van der Waals surface area contributed by atoms with Gasteiger partial charge in [-0.1, -0.05) is 12.1 Å². The Morgan fingerprint density at radius 2 is 2.20 bits per heavy atom. The number of benzene rings is 1. The Morgan fingerprint density at radius 3 is 2.92 bits per heavy atom. The first-order valence-electron chi connectivity index (χ1n) is 8.72. The van der Waals surface area contributed by atoms with Gasteiger partial charge in [-0.05, 0) is 38.4 Å². The summed E-state index contributed by atoms with van der Waals surface area (Å²) in [7, 11) is 0. The Labute approximate surface area is 154 Å². The summed E-state index contributed by atoms with van der Waals surface area (Å²) >= 11 is 0. The van der Waals surface area contributed by atoms with E-state index in [0.29, 0.717) is 18.9 Å². The molecule has 0 spiro atoms. The number of anilines is 1. The van der Waals surface area contributed by atoms with E-state index in [1.165, 1.54) is 0 Å². The summed E-state index contributed by atoms with van der Waals surface area (Å²) in [6.45, 7) is 4.68. The predicted molar refractivity (Wildman–Crippen MR) is 99.4 cm³/mol. The van der Waals surface area contributed by atoms with E-state index in [4.69, 9.17) is 4.74 Å². The molecule has 2 saturated heterocycles. The number of hydrogen-bond acceptors (Lipinski definition) is 4. The number of amides is 2. The first kappa shape index (κ1) is 19.5. The number of rotatable bonds is 5. The first-order chi connectivity index (χ1) is 11.7. The molecule has 2 unspecified atom stereocenters. The number of hydrogen-bond donors (Lipinski definition) is 2. The van der Waals surface area contributed by atoms with Gasteiger partial charge in [0, 0.05) is 25.6 Å². The number of carbonyl (C=O) groups is 2. The van der Waals surface area contributed by atoms with Crippen molar-refractivity contribution in [3.63, 3.8) is 0 Å². The van der Waals surface area contributed by atoms with E-state index in [9.17, 15) is 9.59 Å². The second-order valence-electron chi connectivity index (χ2n) is 6.36. The highest BCUT2D eigenvalue weighted by molar-refractivity contribution is 6.01. The van der Waals surface area contributed by atoms with E-state index in [2.05, 4.69) is 10.6 Å². The molecule has 6 nitrogen and oxygen atoms in total. The van der Waals surface area contributed by atoms with Crippen LogP contribution in [0.15, 0.2) is 24.3 Å². The highest BCUT2D eigenvalue weighted by atomic mass is 35.5. The van der Waals surface area contributed by atoms with Gasteiger partial charge in [0.2, 0.25) is 11.8 Å². The minimum Gasteiger partial charge on any atom is -0.492 e. The van der Waals surface area contributed by atoms with Crippen LogP contribution in [0.5, 0.6) is 5.75 Å². The fourth-order valence-electron chi connectivity index (χ4n) is 3.37. The molecule has 2 fully saturated rings. The predicted octanol–water partition coefficient (Wildman–Crippen LogP) is 1.73. The molecule has 0 aromatic heterocycles. The molecule has 1 aromatic carbocycles. The number of piperidine rings is 1. The molecule has 0 radical (unpaired) electrons. The average molecular weight is 368 g/mol. The van der Waals surface area contributed by atoms with Crippen LogP contribution in [-0.2, 0) is 9.59 Å². The molecule has 2 aliphatic heterocycles. The summed E-state index contributed by atoms with van der Waals surface area (Å²) in [5.41, 5.74) is 0.749. The first-order valence-corrected chi connectivity index (χ1v) is 8.72. The molecule has 2 heterocycles. The third-order valence-corrected chi connectivity index (χ3v) is 4.59. The lowest BCUT2D eigenvalue weighted by molar-refractivity contribution is -0.127. The monoisotopic (exact) mass is 367 g/mol. The van der Waals surface area contributed by atoms with E-state index in [1.807, 2.05) is 31.2 Å². The molecular formula is C18H26ClN3O3. The van der Waals surface area contributed by atoms with Crippen molar-refractivity contribution >= 4 is 29.9 Å². The summed E-state index contributed by atoms with van der Waals surface area (Å²) in [5.74, 6) is 0.345. The Hall–Kier alpha value is -1.79. The third-order valence-electron chi connectivity index (χ3n) is 4.59. The van der Waals surface area contributed by atoms with Crippen LogP contribution in [0.4, 0.5) is 5.69 Å². The average Bonchev–Trinajstić information content (AvgIpc) is 2.98. The minimum absolute atomic E-state index is 0. The molecular weight excluding hydrogens is 342 g/mol. The summed E-state index contributed by atoms with van der Waals surface area (Å²) in [6, 6.07) is 7.66. The second-order valence-corrected chi connectivity index (χ2v) is 6.36. The van der Waals surface area contributed by atoms with Crippen LogP contribution in [0.2, 0.25) is 0 Å². The van der Waals surface area contributed by atoms with Crippen molar-refractivity contribution in [1.29, 1.82) is 0 Å². The standard InChI is InChI=1S/C18H25N3O3.ClH/c1-2-24-16-8-4-3-7-15(16)21-12-13(10-17(21)22)18(23)20-14-6-5-9-19-11-14;/h3-4,7-8,13-14,19H,2,5-6,9-12H2,1H3,(H,20,23);1H. The van der Waals surface area contributed by atoms with Crippen LogP contribution in [0.1, 0.15) is 26.2 Å². The van der Waals surface area contributed by atoms with Crippen molar-refractivity contribution < 1.29 is 14.3 Å². The quantitative estimate of drug-likeness (QED) is 0.831. The maximum Gasteiger partial charge on any atom is 0.227 e. The van der Waals surface area contributed by atoms with Gasteiger partial charge in [0.15, 0.2) is 0 Å². The van der Waals surface area contributed by atoms with Crippen LogP contribution in [0, 0.1) is 5.92 Å². The summed E-state index contributed by atoms with van der Waals surface area (Å²) in [5, 5.41) is 6.37. The van der Waals surface area contributed by atoms with Gasteiger partial charge in [-0.15, -0.1) is 12.4 Å². The lowest BCUT2D eigenvalue weighted by Gasteiger charge is -2.25. The van der Waals surface area contributed by atoms with Gasteiger partial charge < -0.3 is 20.3 Å². The van der Waals surface area contributed by atoms with Gasteiger partial charge >= 0.3 is 0 Å². The largest absolute Gasteiger partial charge is 0.492 e. The van der Waals surface area contributed by atoms with Crippen LogP contribution in [0.25, 0.3) is 0 Å². The van der Waals surface area contributed by atoms with Gasteiger partial charge in [-0.2, -0.15) is 0 Å². The third kappa shape index (κ3) is 4.64. The Balaban J connectivity index is 0.00000225. The molecule has 2 atom stereocenters. The molecule has 1 aromatic rings. The molecule has 7 heteroatoms. The van der Waals surface area contributed by atoms with Crippen LogP contribution in [-0.4, -0.2) is 44.1 Å². The van der Waals surface area contributed by atoms with Crippen molar-refractivity contribution in [3.05, 3.63) is 24.3 Å². The molecule has 0 saturated carbocycles. The Kier molecular flexibility index (Phi) is 7.08. The molecule has 2 amide bonds. The van der Waals surface area contributed by atoms with Gasteiger partial charge in [0.05, 0.1) is 18.2 Å². The number of ether oxygens (including phenoxy) is 1. The lowest BCUT2D eigenvalue weighted by Crippen LogP contribution is -2.47. The van der Waals surface area contributed by atoms with Crippen molar-refractivity contribution in [2.75, 3.05) is 31.1 Å². The van der Waals surface area contributed by atoms with Gasteiger partial charge in [-0.25, -0.2) is 0 Å². The van der Waals surface area contributed by atoms with E-state index >= 15 is 0 Å². The van der Waals surface area contributed by atoms with Crippen LogP contribution < -0.4 is 20.3 Å². The maximum atomic E-state index is 12.5.